The minimum atomic E-state index is -0.148. The van der Waals surface area contributed by atoms with Gasteiger partial charge in [-0.25, -0.2) is 0 Å². The Morgan fingerprint density at radius 1 is 1.12 bits per heavy atom. The van der Waals surface area contributed by atoms with Crippen LogP contribution in [0.15, 0.2) is 54.6 Å². The van der Waals surface area contributed by atoms with E-state index in [0.29, 0.717) is 37.4 Å². The van der Waals surface area contributed by atoms with E-state index in [1.807, 2.05) is 61.5 Å². The van der Waals surface area contributed by atoms with Gasteiger partial charge < -0.3 is 14.8 Å². The van der Waals surface area contributed by atoms with Crippen molar-refractivity contribution in [2.75, 3.05) is 13.6 Å². The summed E-state index contributed by atoms with van der Waals surface area (Å²) in [6.45, 7) is 3.48. The molecule has 1 aliphatic heterocycles. The number of aromatic nitrogens is 3. The van der Waals surface area contributed by atoms with E-state index in [1.165, 1.54) is 0 Å². The van der Waals surface area contributed by atoms with E-state index in [2.05, 4.69) is 15.2 Å². The van der Waals surface area contributed by atoms with Crippen LogP contribution in [0.5, 0.6) is 0 Å². The summed E-state index contributed by atoms with van der Waals surface area (Å²) in [6, 6.07) is 17.7. The Bertz CT molecular complexity index is 1290. The van der Waals surface area contributed by atoms with Gasteiger partial charge in [-0.2, -0.15) is 5.10 Å². The maximum absolute atomic E-state index is 13.2. The van der Waals surface area contributed by atoms with Crippen LogP contribution in [0.2, 0.25) is 0 Å². The molecule has 2 amide bonds. The first kappa shape index (κ1) is 20.1. The van der Waals surface area contributed by atoms with Crippen molar-refractivity contribution in [2.45, 2.75) is 26.4 Å². The molecule has 2 aromatic carbocycles. The Morgan fingerprint density at radius 3 is 2.72 bits per heavy atom. The normalized spacial score (nSPS) is 13.2. The maximum Gasteiger partial charge on any atom is 0.274 e. The quantitative estimate of drug-likeness (QED) is 0.521. The van der Waals surface area contributed by atoms with Crippen molar-refractivity contribution in [3.63, 3.8) is 0 Å². The van der Waals surface area contributed by atoms with Crippen molar-refractivity contribution < 1.29 is 9.59 Å². The van der Waals surface area contributed by atoms with Gasteiger partial charge in [-0.1, -0.05) is 42.5 Å². The van der Waals surface area contributed by atoms with Crippen molar-refractivity contribution in [3.8, 4) is 0 Å². The number of nitrogens with zero attached hydrogens (tertiary/aromatic N) is 3. The van der Waals surface area contributed by atoms with Crippen molar-refractivity contribution in [2.24, 2.45) is 0 Å². The molecule has 7 heteroatoms. The van der Waals surface area contributed by atoms with Crippen LogP contribution in [0.25, 0.3) is 10.9 Å². The lowest BCUT2D eigenvalue weighted by atomic mass is 10.0. The molecular formula is C25H25N5O2. The van der Waals surface area contributed by atoms with Gasteiger partial charge in [0.05, 0.1) is 6.54 Å². The summed E-state index contributed by atoms with van der Waals surface area (Å²) in [7, 11) is 1.78. The molecule has 2 aromatic heterocycles. The SMILES string of the molecule is Cc1ccccc1CN(C)C(=O)c1n[nH]c2c1CN(C(=O)c1cc3ccccc3[nH]1)CC2. The van der Waals surface area contributed by atoms with Crippen LogP contribution in [-0.4, -0.2) is 50.4 Å². The Hall–Kier alpha value is -3.87. The topological polar surface area (TPSA) is 85.1 Å². The van der Waals surface area contributed by atoms with Crippen molar-refractivity contribution in [1.29, 1.82) is 0 Å². The zero-order valence-electron chi connectivity index (χ0n) is 18.2. The summed E-state index contributed by atoms with van der Waals surface area (Å²) < 4.78 is 0. The highest BCUT2D eigenvalue weighted by Crippen LogP contribution is 2.24. The maximum atomic E-state index is 13.2. The average molecular weight is 428 g/mol. The lowest BCUT2D eigenvalue weighted by Crippen LogP contribution is -2.37. The van der Waals surface area contributed by atoms with Crippen LogP contribution >= 0.6 is 0 Å². The van der Waals surface area contributed by atoms with E-state index in [4.69, 9.17) is 0 Å². The first-order valence-corrected chi connectivity index (χ1v) is 10.7. The zero-order chi connectivity index (χ0) is 22.2. The predicted molar refractivity (Wildman–Crippen MR) is 122 cm³/mol. The molecule has 32 heavy (non-hydrogen) atoms. The first-order valence-electron chi connectivity index (χ1n) is 10.7. The molecule has 4 aromatic rings. The fraction of sp³-hybridized carbons (Fsp3) is 0.240. The number of aromatic amines is 2. The van der Waals surface area contributed by atoms with E-state index in [-0.39, 0.29) is 11.8 Å². The molecule has 0 aliphatic carbocycles. The number of carbonyl (C=O) groups excluding carboxylic acids is 2. The van der Waals surface area contributed by atoms with Crippen molar-refractivity contribution in [3.05, 3.63) is 88.4 Å². The Kier molecular flexibility index (Phi) is 5.01. The van der Waals surface area contributed by atoms with Crippen LogP contribution in [0.3, 0.4) is 0 Å². The molecule has 0 saturated carbocycles. The largest absolute Gasteiger partial charge is 0.351 e. The number of fused-ring (bicyclic) bond motifs is 2. The van der Waals surface area contributed by atoms with Crippen molar-refractivity contribution in [1.82, 2.24) is 25.0 Å². The van der Waals surface area contributed by atoms with E-state index >= 15 is 0 Å². The summed E-state index contributed by atoms with van der Waals surface area (Å²) in [4.78, 5) is 33.0. The van der Waals surface area contributed by atoms with Gasteiger partial charge in [0.2, 0.25) is 0 Å². The third-order valence-corrected chi connectivity index (χ3v) is 6.20. The van der Waals surface area contributed by atoms with Gasteiger partial charge in [0.15, 0.2) is 5.69 Å². The number of amides is 2. The van der Waals surface area contributed by atoms with Gasteiger partial charge in [-0.3, -0.25) is 14.7 Å². The van der Waals surface area contributed by atoms with E-state index in [9.17, 15) is 9.59 Å². The standard InChI is InChI=1S/C25H25N5O2/c1-16-7-3-4-9-18(16)14-29(2)25(32)23-19-15-30(12-11-21(19)27-28-23)24(31)22-13-17-8-5-6-10-20(17)26-22/h3-10,13,26H,11-12,14-15H2,1-2H3,(H,27,28). The van der Waals surface area contributed by atoms with Gasteiger partial charge >= 0.3 is 0 Å². The zero-order valence-corrected chi connectivity index (χ0v) is 18.2. The summed E-state index contributed by atoms with van der Waals surface area (Å²) >= 11 is 0. The second-order valence-electron chi connectivity index (χ2n) is 8.36. The van der Waals surface area contributed by atoms with Crippen molar-refractivity contribution >= 4 is 22.7 Å². The highest BCUT2D eigenvalue weighted by Gasteiger charge is 2.30. The second-order valence-corrected chi connectivity index (χ2v) is 8.36. The third-order valence-electron chi connectivity index (χ3n) is 6.20. The average Bonchev–Trinajstić information content (AvgIpc) is 3.43. The first-order chi connectivity index (χ1) is 15.5. The number of carbonyl (C=O) groups is 2. The minimum Gasteiger partial charge on any atom is -0.351 e. The number of benzene rings is 2. The van der Waals surface area contributed by atoms with Gasteiger partial charge in [0, 0.05) is 48.7 Å². The molecule has 162 valence electrons. The molecule has 0 spiro atoms. The van der Waals surface area contributed by atoms with E-state index in [0.717, 1.165) is 33.3 Å². The second kappa shape index (κ2) is 8.00. The lowest BCUT2D eigenvalue weighted by Gasteiger charge is -2.27. The number of H-pyrrole nitrogens is 2. The highest BCUT2D eigenvalue weighted by atomic mass is 16.2. The number of para-hydroxylation sites is 1. The Labute approximate surface area is 186 Å². The molecule has 7 nitrogen and oxygen atoms in total. The van der Waals surface area contributed by atoms with Gasteiger partial charge in [0.25, 0.3) is 11.8 Å². The Morgan fingerprint density at radius 2 is 1.91 bits per heavy atom. The Balaban J connectivity index is 1.36. The highest BCUT2D eigenvalue weighted by molar-refractivity contribution is 5.98. The number of hydrogen-bond acceptors (Lipinski definition) is 3. The molecule has 5 rings (SSSR count). The van der Waals surface area contributed by atoms with Gasteiger partial charge in [-0.05, 0) is 30.2 Å². The summed E-state index contributed by atoms with van der Waals surface area (Å²) in [5.74, 6) is -0.217. The molecule has 0 bridgehead atoms. The van der Waals surface area contributed by atoms with Gasteiger partial charge in [-0.15, -0.1) is 0 Å². The molecule has 0 unspecified atom stereocenters. The molecule has 0 saturated heterocycles. The molecule has 2 N–H and O–H groups in total. The minimum absolute atomic E-state index is 0.0697. The molecule has 1 aliphatic rings. The molecule has 0 atom stereocenters. The van der Waals surface area contributed by atoms with E-state index < -0.39 is 0 Å². The number of aryl methyl sites for hydroxylation is 1. The fourth-order valence-electron chi connectivity index (χ4n) is 4.30. The van der Waals surface area contributed by atoms with Crippen LogP contribution in [0.4, 0.5) is 0 Å². The summed E-state index contributed by atoms with van der Waals surface area (Å²) in [6.07, 6.45) is 0.642. The van der Waals surface area contributed by atoms with Crippen LogP contribution < -0.4 is 0 Å². The fourth-order valence-corrected chi connectivity index (χ4v) is 4.30. The molecular weight excluding hydrogens is 402 g/mol. The molecule has 0 fully saturated rings. The summed E-state index contributed by atoms with van der Waals surface area (Å²) in [5, 5.41) is 8.34. The number of rotatable bonds is 4. The monoisotopic (exact) mass is 427 g/mol. The predicted octanol–water partition coefficient (Wildman–Crippen LogP) is 3.67. The van der Waals surface area contributed by atoms with Crippen LogP contribution in [0.1, 0.15) is 43.4 Å². The smallest absolute Gasteiger partial charge is 0.274 e. The lowest BCUT2D eigenvalue weighted by molar-refractivity contribution is 0.0717. The molecule has 3 heterocycles. The number of hydrogen-bond donors (Lipinski definition) is 2. The van der Waals surface area contributed by atoms with Crippen LogP contribution in [0, 0.1) is 6.92 Å². The third kappa shape index (κ3) is 3.56. The summed E-state index contributed by atoms with van der Waals surface area (Å²) in [5.41, 5.74) is 5.87. The van der Waals surface area contributed by atoms with Crippen LogP contribution in [-0.2, 0) is 19.5 Å². The number of nitrogens with one attached hydrogen (secondary N) is 2. The van der Waals surface area contributed by atoms with Gasteiger partial charge in [0.1, 0.15) is 5.69 Å². The van der Waals surface area contributed by atoms with E-state index in [1.54, 1.807) is 16.8 Å². The molecule has 0 radical (unpaired) electrons.